The van der Waals surface area contributed by atoms with Crippen LogP contribution in [0.15, 0.2) is 18.2 Å². The van der Waals surface area contributed by atoms with Gasteiger partial charge in [0, 0.05) is 11.6 Å². The molecule has 0 saturated heterocycles. The fourth-order valence-electron chi connectivity index (χ4n) is 1.13. The Bertz CT molecular complexity index is 359. The molecule has 0 heterocycles. The standard InChI is InChI=1S/C11H12O2/c1-4-11(2,3)9-6-5-8(12)7-10(9)13/h1,5-7,12-13H,2-3H3. The molecule has 1 aromatic rings. The van der Waals surface area contributed by atoms with E-state index < -0.39 is 5.41 Å². The topological polar surface area (TPSA) is 40.5 Å². The molecule has 0 fully saturated rings. The average Bonchev–Trinajstić information content (AvgIpc) is 2.03. The van der Waals surface area contributed by atoms with Crippen molar-refractivity contribution in [3.05, 3.63) is 23.8 Å². The van der Waals surface area contributed by atoms with Gasteiger partial charge < -0.3 is 10.2 Å². The van der Waals surface area contributed by atoms with E-state index >= 15 is 0 Å². The second kappa shape index (κ2) is 3.02. The van der Waals surface area contributed by atoms with Gasteiger partial charge in [-0.1, -0.05) is 12.0 Å². The third-order valence-electron chi connectivity index (χ3n) is 2.02. The Morgan fingerprint density at radius 3 is 2.38 bits per heavy atom. The van der Waals surface area contributed by atoms with E-state index in [2.05, 4.69) is 5.92 Å². The second-order valence-corrected chi connectivity index (χ2v) is 3.47. The highest BCUT2D eigenvalue weighted by atomic mass is 16.3. The van der Waals surface area contributed by atoms with Crippen LogP contribution in [0.3, 0.4) is 0 Å². The first kappa shape index (κ1) is 9.47. The summed E-state index contributed by atoms with van der Waals surface area (Å²) in [5, 5.41) is 18.6. The van der Waals surface area contributed by atoms with E-state index in [-0.39, 0.29) is 11.5 Å². The van der Waals surface area contributed by atoms with Gasteiger partial charge in [0.25, 0.3) is 0 Å². The Kier molecular flexibility index (Phi) is 2.20. The summed E-state index contributed by atoms with van der Waals surface area (Å²) in [5.74, 6) is 2.64. The minimum absolute atomic E-state index is 0.0305. The molecule has 0 radical (unpaired) electrons. The molecule has 0 aliphatic rings. The van der Waals surface area contributed by atoms with Crippen molar-refractivity contribution in [2.24, 2.45) is 0 Å². The number of hydrogen-bond donors (Lipinski definition) is 2. The van der Waals surface area contributed by atoms with Gasteiger partial charge in [0.2, 0.25) is 0 Å². The van der Waals surface area contributed by atoms with Crippen LogP contribution in [0.4, 0.5) is 0 Å². The smallest absolute Gasteiger partial charge is 0.123 e. The molecule has 0 aromatic heterocycles. The summed E-state index contributed by atoms with van der Waals surface area (Å²) < 4.78 is 0. The molecule has 0 spiro atoms. The van der Waals surface area contributed by atoms with E-state index in [0.29, 0.717) is 5.56 Å². The summed E-state index contributed by atoms with van der Waals surface area (Å²) in [6.45, 7) is 3.66. The zero-order valence-corrected chi connectivity index (χ0v) is 7.70. The summed E-state index contributed by atoms with van der Waals surface area (Å²) in [6, 6.07) is 4.42. The van der Waals surface area contributed by atoms with Crippen LogP contribution < -0.4 is 0 Å². The summed E-state index contributed by atoms with van der Waals surface area (Å²) in [4.78, 5) is 0. The molecule has 0 atom stereocenters. The van der Waals surface area contributed by atoms with Crippen molar-refractivity contribution in [3.63, 3.8) is 0 Å². The molecule has 2 N–H and O–H groups in total. The lowest BCUT2D eigenvalue weighted by molar-refractivity contribution is 0.439. The molecular formula is C11H12O2. The summed E-state index contributed by atoms with van der Waals surface area (Å²) in [5.41, 5.74) is 0.130. The van der Waals surface area contributed by atoms with Gasteiger partial charge in [-0.25, -0.2) is 0 Å². The molecule has 2 nitrogen and oxygen atoms in total. The third kappa shape index (κ3) is 1.75. The van der Waals surface area contributed by atoms with Gasteiger partial charge in [-0.05, 0) is 19.9 Å². The Hall–Kier alpha value is -1.62. The second-order valence-electron chi connectivity index (χ2n) is 3.47. The van der Waals surface area contributed by atoms with Gasteiger partial charge in [-0.15, -0.1) is 6.42 Å². The van der Waals surface area contributed by atoms with Gasteiger partial charge in [0.05, 0.1) is 5.41 Å². The lowest BCUT2D eigenvalue weighted by Crippen LogP contribution is -2.13. The van der Waals surface area contributed by atoms with E-state index in [4.69, 9.17) is 11.5 Å². The van der Waals surface area contributed by atoms with E-state index in [1.165, 1.54) is 12.1 Å². The fourth-order valence-corrected chi connectivity index (χ4v) is 1.13. The van der Waals surface area contributed by atoms with Gasteiger partial charge in [0.15, 0.2) is 0 Å². The Labute approximate surface area is 77.8 Å². The maximum atomic E-state index is 9.50. The van der Waals surface area contributed by atoms with Gasteiger partial charge in [0.1, 0.15) is 11.5 Å². The Morgan fingerprint density at radius 2 is 1.92 bits per heavy atom. The van der Waals surface area contributed by atoms with Crippen LogP contribution >= 0.6 is 0 Å². The van der Waals surface area contributed by atoms with Crippen molar-refractivity contribution in [2.45, 2.75) is 19.3 Å². The highest BCUT2D eigenvalue weighted by Gasteiger charge is 2.20. The predicted octanol–water partition coefficient (Wildman–Crippen LogP) is 2.01. The first-order valence-electron chi connectivity index (χ1n) is 3.97. The summed E-state index contributed by atoms with van der Waals surface area (Å²) >= 11 is 0. The Morgan fingerprint density at radius 1 is 1.31 bits per heavy atom. The maximum absolute atomic E-state index is 9.50. The zero-order chi connectivity index (χ0) is 10.1. The van der Waals surface area contributed by atoms with Gasteiger partial charge in [-0.3, -0.25) is 0 Å². The summed E-state index contributed by atoms with van der Waals surface area (Å²) in [7, 11) is 0. The normalized spacial score (nSPS) is 10.8. The number of phenols is 2. The molecule has 1 rings (SSSR count). The molecule has 0 aliphatic carbocycles. The quantitative estimate of drug-likeness (QED) is 0.642. The SMILES string of the molecule is C#CC(C)(C)c1ccc(O)cc1O. The number of rotatable bonds is 1. The minimum atomic E-state index is -0.516. The van der Waals surface area contributed by atoms with E-state index in [1.807, 2.05) is 13.8 Å². The van der Waals surface area contributed by atoms with Crippen molar-refractivity contribution < 1.29 is 10.2 Å². The molecule has 1 aromatic carbocycles. The van der Waals surface area contributed by atoms with Crippen LogP contribution in [0.1, 0.15) is 19.4 Å². The largest absolute Gasteiger partial charge is 0.508 e. The van der Waals surface area contributed by atoms with Crippen molar-refractivity contribution in [3.8, 4) is 23.8 Å². The molecule has 68 valence electrons. The molecule has 0 saturated carbocycles. The highest BCUT2D eigenvalue weighted by molar-refractivity contribution is 5.46. The number of hydrogen-bond acceptors (Lipinski definition) is 2. The maximum Gasteiger partial charge on any atom is 0.123 e. The minimum Gasteiger partial charge on any atom is -0.508 e. The molecule has 13 heavy (non-hydrogen) atoms. The van der Waals surface area contributed by atoms with Gasteiger partial charge in [-0.2, -0.15) is 0 Å². The number of phenolic OH excluding ortho intramolecular Hbond substituents is 2. The average molecular weight is 176 g/mol. The number of terminal acetylenes is 1. The molecule has 0 bridgehead atoms. The Balaban J connectivity index is 3.26. The molecule has 2 heteroatoms. The van der Waals surface area contributed by atoms with Crippen LogP contribution in [-0.2, 0) is 5.41 Å². The fraction of sp³-hybridized carbons (Fsp3) is 0.273. The van der Waals surface area contributed by atoms with E-state index in [9.17, 15) is 5.11 Å². The first-order valence-corrected chi connectivity index (χ1v) is 3.97. The van der Waals surface area contributed by atoms with Crippen LogP contribution in [-0.4, -0.2) is 10.2 Å². The third-order valence-corrected chi connectivity index (χ3v) is 2.02. The molecule has 0 amide bonds. The highest BCUT2D eigenvalue weighted by Crippen LogP contribution is 2.32. The number of aromatic hydroxyl groups is 2. The van der Waals surface area contributed by atoms with Crippen LogP contribution in [0.25, 0.3) is 0 Å². The van der Waals surface area contributed by atoms with E-state index in [1.54, 1.807) is 6.07 Å². The van der Waals surface area contributed by atoms with E-state index in [0.717, 1.165) is 0 Å². The summed E-state index contributed by atoms with van der Waals surface area (Å²) in [6.07, 6.45) is 5.32. The molecule has 0 aliphatic heterocycles. The first-order chi connectivity index (χ1) is 5.97. The monoisotopic (exact) mass is 176 g/mol. The van der Waals surface area contributed by atoms with Crippen molar-refractivity contribution in [1.29, 1.82) is 0 Å². The van der Waals surface area contributed by atoms with Crippen molar-refractivity contribution >= 4 is 0 Å². The predicted molar refractivity (Wildman–Crippen MR) is 51.6 cm³/mol. The van der Waals surface area contributed by atoms with Crippen LogP contribution in [0, 0.1) is 12.3 Å². The van der Waals surface area contributed by atoms with Crippen molar-refractivity contribution in [1.82, 2.24) is 0 Å². The number of benzene rings is 1. The molecular weight excluding hydrogens is 164 g/mol. The van der Waals surface area contributed by atoms with Crippen LogP contribution in [0.2, 0.25) is 0 Å². The van der Waals surface area contributed by atoms with Gasteiger partial charge >= 0.3 is 0 Å². The lowest BCUT2D eigenvalue weighted by Gasteiger charge is -2.19. The van der Waals surface area contributed by atoms with Crippen LogP contribution in [0.5, 0.6) is 11.5 Å². The lowest BCUT2D eigenvalue weighted by atomic mass is 9.85. The molecule has 0 unspecified atom stereocenters. The van der Waals surface area contributed by atoms with Crippen molar-refractivity contribution in [2.75, 3.05) is 0 Å². The zero-order valence-electron chi connectivity index (χ0n) is 7.70.